The van der Waals surface area contributed by atoms with E-state index in [1.165, 1.54) is 12.1 Å². The zero-order valence-corrected chi connectivity index (χ0v) is 11.0. The number of nitrogens with zero attached hydrogens (tertiary/aromatic N) is 2. The predicted octanol–water partition coefficient (Wildman–Crippen LogP) is 1.49. The lowest BCUT2D eigenvalue weighted by molar-refractivity contribution is 0.0473. The molecule has 100 valence electrons. The van der Waals surface area contributed by atoms with Gasteiger partial charge in [-0.2, -0.15) is 0 Å². The molecule has 2 atom stereocenters. The number of likely N-dealkylation sites (N-methyl/N-ethyl adjacent to an activating group) is 1. The number of aliphatic hydroxyl groups is 1. The van der Waals surface area contributed by atoms with Gasteiger partial charge in [0.2, 0.25) is 0 Å². The van der Waals surface area contributed by atoms with E-state index in [9.17, 15) is 9.50 Å². The van der Waals surface area contributed by atoms with Crippen molar-refractivity contribution in [3.05, 3.63) is 35.6 Å². The van der Waals surface area contributed by atoms with Crippen molar-refractivity contribution in [3.63, 3.8) is 0 Å². The van der Waals surface area contributed by atoms with Gasteiger partial charge in [-0.25, -0.2) is 4.39 Å². The van der Waals surface area contributed by atoms with Gasteiger partial charge >= 0.3 is 0 Å². The van der Waals surface area contributed by atoms with E-state index in [1.807, 2.05) is 0 Å². The van der Waals surface area contributed by atoms with Crippen LogP contribution in [0.4, 0.5) is 4.39 Å². The van der Waals surface area contributed by atoms with Crippen LogP contribution in [0.2, 0.25) is 0 Å². The van der Waals surface area contributed by atoms with Crippen molar-refractivity contribution >= 4 is 0 Å². The van der Waals surface area contributed by atoms with Crippen LogP contribution in [0, 0.1) is 5.82 Å². The first-order valence-electron chi connectivity index (χ1n) is 6.42. The maximum absolute atomic E-state index is 13.1. The molecule has 4 heteroatoms. The Balaban J connectivity index is 1.97. The van der Waals surface area contributed by atoms with E-state index in [0.717, 1.165) is 19.6 Å². The smallest absolute Gasteiger partial charge is 0.123 e. The maximum atomic E-state index is 13.1. The largest absolute Gasteiger partial charge is 0.387 e. The molecule has 0 unspecified atom stereocenters. The molecule has 18 heavy (non-hydrogen) atoms. The number of halogens is 1. The van der Waals surface area contributed by atoms with Gasteiger partial charge in [-0.3, -0.25) is 4.90 Å². The second kappa shape index (κ2) is 5.78. The fraction of sp³-hybridized carbons (Fsp3) is 0.571. The topological polar surface area (TPSA) is 26.7 Å². The Morgan fingerprint density at radius 3 is 2.89 bits per heavy atom. The molecule has 0 aromatic heterocycles. The quantitative estimate of drug-likeness (QED) is 0.883. The van der Waals surface area contributed by atoms with E-state index in [0.29, 0.717) is 18.2 Å². The molecule has 1 aliphatic heterocycles. The molecule has 0 radical (unpaired) electrons. The highest BCUT2D eigenvalue weighted by Gasteiger charge is 2.23. The van der Waals surface area contributed by atoms with Crippen molar-refractivity contribution in [2.75, 3.05) is 33.2 Å². The summed E-state index contributed by atoms with van der Waals surface area (Å²) >= 11 is 0. The number of hydrogen-bond acceptors (Lipinski definition) is 3. The van der Waals surface area contributed by atoms with Gasteiger partial charge in [0.1, 0.15) is 5.82 Å². The van der Waals surface area contributed by atoms with Crippen molar-refractivity contribution in [1.29, 1.82) is 0 Å². The zero-order valence-electron chi connectivity index (χ0n) is 11.0. The molecule has 1 aromatic rings. The standard InChI is InChI=1S/C14H21FN2O/c1-11-9-16(2)6-7-17(11)10-14(18)12-4-3-5-13(15)8-12/h3-5,8,11,14,18H,6-7,9-10H2,1-2H3/t11-,14+/m0/s1. The summed E-state index contributed by atoms with van der Waals surface area (Å²) in [6.07, 6.45) is -0.619. The third-order valence-corrected chi connectivity index (χ3v) is 3.61. The van der Waals surface area contributed by atoms with E-state index in [4.69, 9.17) is 0 Å². The first kappa shape index (κ1) is 13.5. The normalized spacial score (nSPS) is 24.1. The number of β-amino-alcohol motifs (C(OH)–C–C–N with tert-alkyl or cyclic N) is 1. The number of hydrogen-bond donors (Lipinski definition) is 1. The van der Waals surface area contributed by atoms with Gasteiger partial charge in [-0.15, -0.1) is 0 Å². The van der Waals surface area contributed by atoms with Gasteiger partial charge in [0.25, 0.3) is 0 Å². The van der Waals surface area contributed by atoms with E-state index in [2.05, 4.69) is 23.8 Å². The Morgan fingerprint density at radius 1 is 1.44 bits per heavy atom. The van der Waals surface area contributed by atoms with E-state index in [-0.39, 0.29) is 5.82 Å². The minimum absolute atomic E-state index is 0.294. The lowest BCUT2D eigenvalue weighted by atomic mass is 10.1. The first-order chi connectivity index (χ1) is 8.56. The zero-order chi connectivity index (χ0) is 13.1. The molecule has 0 bridgehead atoms. The first-order valence-corrected chi connectivity index (χ1v) is 6.42. The van der Waals surface area contributed by atoms with E-state index < -0.39 is 6.10 Å². The van der Waals surface area contributed by atoms with Crippen molar-refractivity contribution < 1.29 is 9.50 Å². The predicted molar refractivity (Wildman–Crippen MR) is 69.9 cm³/mol. The summed E-state index contributed by atoms with van der Waals surface area (Å²) in [5.41, 5.74) is 0.654. The summed E-state index contributed by atoms with van der Waals surface area (Å²) in [5.74, 6) is -0.294. The lowest BCUT2D eigenvalue weighted by Gasteiger charge is -2.39. The number of piperazine rings is 1. The second-order valence-electron chi connectivity index (χ2n) is 5.18. The highest BCUT2D eigenvalue weighted by atomic mass is 19.1. The molecule has 1 aromatic carbocycles. The number of rotatable bonds is 3. The summed E-state index contributed by atoms with van der Waals surface area (Å²) < 4.78 is 13.1. The van der Waals surface area contributed by atoms with Gasteiger partial charge in [0, 0.05) is 32.2 Å². The SMILES string of the molecule is C[C@H]1CN(C)CCN1C[C@@H](O)c1cccc(F)c1. The molecule has 1 aliphatic rings. The fourth-order valence-electron chi connectivity index (χ4n) is 2.49. The molecule has 3 nitrogen and oxygen atoms in total. The van der Waals surface area contributed by atoms with Crippen molar-refractivity contribution in [3.8, 4) is 0 Å². The van der Waals surface area contributed by atoms with Crippen LogP contribution in [0.3, 0.4) is 0 Å². The molecule has 1 heterocycles. The van der Waals surface area contributed by atoms with Crippen LogP contribution in [0.15, 0.2) is 24.3 Å². The Bertz CT molecular complexity index is 399. The summed E-state index contributed by atoms with van der Waals surface area (Å²) in [6, 6.07) is 6.64. The highest BCUT2D eigenvalue weighted by Crippen LogP contribution is 2.18. The van der Waals surface area contributed by atoms with E-state index >= 15 is 0 Å². The molecule has 1 saturated heterocycles. The van der Waals surface area contributed by atoms with Gasteiger partial charge in [-0.1, -0.05) is 12.1 Å². The summed E-state index contributed by atoms with van der Waals surface area (Å²) in [5, 5.41) is 10.2. The van der Waals surface area contributed by atoms with Crippen molar-refractivity contribution in [2.24, 2.45) is 0 Å². The van der Waals surface area contributed by atoms with Crippen LogP contribution >= 0.6 is 0 Å². The number of aliphatic hydroxyl groups excluding tert-OH is 1. The molecule has 0 spiro atoms. The van der Waals surface area contributed by atoms with Gasteiger partial charge in [-0.05, 0) is 31.7 Å². The average molecular weight is 252 g/mol. The van der Waals surface area contributed by atoms with Crippen LogP contribution in [-0.2, 0) is 0 Å². The molecule has 0 saturated carbocycles. The minimum atomic E-state index is -0.619. The average Bonchev–Trinajstić information content (AvgIpc) is 2.32. The highest BCUT2D eigenvalue weighted by molar-refractivity contribution is 5.19. The van der Waals surface area contributed by atoms with Crippen molar-refractivity contribution in [1.82, 2.24) is 9.80 Å². The van der Waals surface area contributed by atoms with Crippen molar-refractivity contribution in [2.45, 2.75) is 19.1 Å². The Kier molecular flexibility index (Phi) is 4.32. The summed E-state index contributed by atoms with van der Waals surface area (Å²) in [4.78, 5) is 4.55. The molecular weight excluding hydrogens is 231 g/mol. The van der Waals surface area contributed by atoms with Gasteiger partial charge in [0.05, 0.1) is 6.10 Å². The summed E-state index contributed by atoms with van der Waals surface area (Å²) in [7, 11) is 2.11. The monoisotopic (exact) mass is 252 g/mol. The fourth-order valence-corrected chi connectivity index (χ4v) is 2.49. The number of benzene rings is 1. The molecule has 1 N–H and O–H groups in total. The Hall–Kier alpha value is -0.970. The van der Waals surface area contributed by atoms with Crippen LogP contribution in [0.25, 0.3) is 0 Å². The van der Waals surface area contributed by atoms with Crippen LogP contribution in [0.1, 0.15) is 18.6 Å². The lowest BCUT2D eigenvalue weighted by Crippen LogP contribution is -2.51. The third-order valence-electron chi connectivity index (χ3n) is 3.61. The Morgan fingerprint density at radius 2 is 2.22 bits per heavy atom. The van der Waals surface area contributed by atoms with E-state index in [1.54, 1.807) is 12.1 Å². The molecular formula is C14H21FN2O. The minimum Gasteiger partial charge on any atom is -0.387 e. The summed E-state index contributed by atoms with van der Waals surface area (Å²) in [6.45, 7) is 5.70. The maximum Gasteiger partial charge on any atom is 0.123 e. The van der Waals surface area contributed by atoms with Crippen LogP contribution in [0.5, 0.6) is 0 Å². The Labute approximate surface area is 108 Å². The molecule has 1 fully saturated rings. The van der Waals surface area contributed by atoms with Crippen LogP contribution in [-0.4, -0.2) is 54.2 Å². The second-order valence-corrected chi connectivity index (χ2v) is 5.18. The van der Waals surface area contributed by atoms with Gasteiger partial charge in [0.15, 0.2) is 0 Å². The molecule has 0 amide bonds. The third kappa shape index (κ3) is 3.28. The van der Waals surface area contributed by atoms with Crippen LogP contribution < -0.4 is 0 Å². The molecule has 0 aliphatic carbocycles. The van der Waals surface area contributed by atoms with Gasteiger partial charge < -0.3 is 10.0 Å². The molecule has 2 rings (SSSR count).